The fourth-order valence-electron chi connectivity index (χ4n) is 2.82. The first-order chi connectivity index (χ1) is 13.1. The van der Waals surface area contributed by atoms with E-state index < -0.39 is 11.6 Å². The second kappa shape index (κ2) is 6.69. The highest BCUT2D eigenvalue weighted by atomic mass is 32.1. The molecule has 3 heterocycles. The van der Waals surface area contributed by atoms with Gasteiger partial charge in [-0.3, -0.25) is 4.79 Å². The van der Waals surface area contributed by atoms with Crippen molar-refractivity contribution in [2.24, 2.45) is 5.73 Å². The molecule has 0 radical (unpaired) electrons. The topological polar surface area (TPSA) is 116 Å². The third-order valence-electron chi connectivity index (χ3n) is 3.92. The number of nitrogens with zero attached hydrogens (tertiary/aromatic N) is 3. The molecule has 1 amide bonds. The molecule has 136 valence electrons. The fourth-order valence-corrected chi connectivity index (χ4v) is 3.55. The summed E-state index contributed by atoms with van der Waals surface area (Å²) in [5, 5.41) is 2.52. The first-order valence-electron chi connectivity index (χ1n) is 8.18. The summed E-state index contributed by atoms with van der Waals surface area (Å²) < 4.78 is 7.04. The number of benzene rings is 1. The molecule has 0 saturated heterocycles. The molecular weight excluding hydrogens is 366 g/mol. The number of carbonyl (C=O) groups excluding carboxylic acids is 1. The van der Waals surface area contributed by atoms with Gasteiger partial charge < -0.3 is 15.5 Å². The number of ether oxygens (including phenoxy) is 1. The Morgan fingerprint density at radius 3 is 2.78 bits per heavy atom. The van der Waals surface area contributed by atoms with Crippen molar-refractivity contribution in [2.75, 3.05) is 6.61 Å². The van der Waals surface area contributed by atoms with Crippen LogP contribution in [0, 0.1) is 0 Å². The number of fused-ring (bicyclic) bond motifs is 1. The summed E-state index contributed by atoms with van der Waals surface area (Å²) in [5.41, 5.74) is 6.15. The second-order valence-corrected chi connectivity index (χ2v) is 6.53. The number of rotatable bonds is 5. The Hall–Kier alpha value is -3.46. The molecule has 9 heteroatoms. The third kappa shape index (κ3) is 2.87. The van der Waals surface area contributed by atoms with E-state index in [9.17, 15) is 9.59 Å². The van der Waals surface area contributed by atoms with Crippen LogP contribution in [0.5, 0.6) is 5.75 Å². The molecule has 27 heavy (non-hydrogen) atoms. The van der Waals surface area contributed by atoms with Gasteiger partial charge in [0.2, 0.25) is 0 Å². The van der Waals surface area contributed by atoms with Gasteiger partial charge in [-0.2, -0.15) is 0 Å². The predicted molar refractivity (Wildman–Crippen MR) is 102 cm³/mol. The molecule has 4 rings (SSSR count). The first kappa shape index (κ1) is 17.0. The molecule has 0 saturated carbocycles. The van der Waals surface area contributed by atoms with Gasteiger partial charge in [-0.1, -0.05) is 12.1 Å². The molecule has 0 aliphatic heterocycles. The number of para-hydroxylation sites is 1. The minimum atomic E-state index is -0.753. The lowest BCUT2D eigenvalue weighted by atomic mass is 10.2. The molecule has 0 bridgehead atoms. The van der Waals surface area contributed by atoms with Crippen LogP contribution >= 0.6 is 11.3 Å². The van der Waals surface area contributed by atoms with Crippen molar-refractivity contribution in [3.8, 4) is 22.1 Å². The summed E-state index contributed by atoms with van der Waals surface area (Å²) in [6, 6.07) is 10.8. The van der Waals surface area contributed by atoms with Crippen LogP contribution in [0.3, 0.4) is 0 Å². The van der Waals surface area contributed by atoms with Crippen molar-refractivity contribution in [1.29, 1.82) is 0 Å². The van der Waals surface area contributed by atoms with Crippen molar-refractivity contribution < 1.29 is 9.53 Å². The molecule has 0 atom stereocenters. The number of aromatic nitrogens is 4. The van der Waals surface area contributed by atoms with E-state index in [-0.39, 0.29) is 22.7 Å². The molecule has 0 aliphatic carbocycles. The first-order valence-corrected chi connectivity index (χ1v) is 9.06. The van der Waals surface area contributed by atoms with Crippen LogP contribution in [0.25, 0.3) is 27.6 Å². The summed E-state index contributed by atoms with van der Waals surface area (Å²) in [6.45, 7) is 2.34. The number of nitrogens with two attached hydrogens (primary N) is 1. The zero-order valence-corrected chi connectivity index (χ0v) is 15.1. The number of thiophene rings is 1. The number of imidazole rings is 1. The molecule has 1 aromatic carbocycles. The van der Waals surface area contributed by atoms with Crippen LogP contribution in [0.2, 0.25) is 0 Å². The summed E-state index contributed by atoms with van der Waals surface area (Å²) in [6.07, 6.45) is 0. The van der Waals surface area contributed by atoms with E-state index in [0.717, 1.165) is 0 Å². The van der Waals surface area contributed by atoms with E-state index in [0.29, 0.717) is 22.9 Å². The van der Waals surface area contributed by atoms with Crippen LogP contribution in [0.4, 0.5) is 0 Å². The van der Waals surface area contributed by atoms with Gasteiger partial charge >= 0.3 is 5.69 Å². The lowest BCUT2D eigenvalue weighted by Crippen LogP contribution is -2.15. The maximum atomic E-state index is 12.5. The molecule has 4 aromatic rings. The molecule has 8 nitrogen and oxygen atoms in total. The highest BCUT2D eigenvalue weighted by Crippen LogP contribution is 2.29. The van der Waals surface area contributed by atoms with Crippen LogP contribution in [-0.2, 0) is 0 Å². The number of nitrogens with one attached hydrogen (secondary N) is 1. The molecule has 0 fully saturated rings. The zero-order chi connectivity index (χ0) is 19.0. The van der Waals surface area contributed by atoms with Gasteiger partial charge in [-0.05, 0) is 36.6 Å². The monoisotopic (exact) mass is 381 g/mol. The average molecular weight is 381 g/mol. The summed E-state index contributed by atoms with van der Waals surface area (Å²) in [4.78, 5) is 36.0. The average Bonchev–Trinajstić information content (AvgIpc) is 3.28. The van der Waals surface area contributed by atoms with Crippen molar-refractivity contribution in [1.82, 2.24) is 19.5 Å². The van der Waals surface area contributed by atoms with Gasteiger partial charge in [0.05, 0.1) is 12.2 Å². The second-order valence-electron chi connectivity index (χ2n) is 5.60. The molecular formula is C18H15N5O3S. The Kier molecular flexibility index (Phi) is 4.21. The van der Waals surface area contributed by atoms with Crippen molar-refractivity contribution in [3.05, 3.63) is 58.0 Å². The summed E-state index contributed by atoms with van der Waals surface area (Å²) in [7, 11) is 0. The highest BCUT2D eigenvalue weighted by molar-refractivity contribution is 7.12. The number of hydrogen-bond acceptors (Lipinski definition) is 6. The zero-order valence-electron chi connectivity index (χ0n) is 14.3. The van der Waals surface area contributed by atoms with E-state index in [1.807, 2.05) is 30.5 Å². The summed E-state index contributed by atoms with van der Waals surface area (Å²) >= 11 is 1.38. The Morgan fingerprint density at radius 1 is 1.26 bits per heavy atom. The van der Waals surface area contributed by atoms with E-state index in [2.05, 4.69) is 15.0 Å². The Labute approximate surface area is 157 Å². The van der Waals surface area contributed by atoms with Gasteiger partial charge in [0, 0.05) is 0 Å². The molecule has 3 aromatic heterocycles. The highest BCUT2D eigenvalue weighted by Gasteiger charge is 2.21. The van der Waals surface area contributed by atoms with Gasteiger partial charge in [0.25, 0.3) is 5.91 Å². The maximum Gasteiger partial charge on any atom is 0.333 e. The number of hydrogen-bond donors (Lipinski definition) is 2. The lowest BCUT2D eigenvalue weighted by molar-refractivity contribution is 0.0997. The van der Waals surface area contributed by atoms with Crippen molar-refractivity contribution in [3.63, 3.8) is 0 Å². The van der Waals surface area contributed by atoms with Crippen LogP contribution < -0.4 is 16.2 Å². The quantitative estimate of drug-likeness (QED) is 0.550. The standard InChI is InChI=1S/C18H15N5O3S/c1-2-26-11-7-4-3-6-10(11)16-20-13(15(19)24)14-17(22-16)23(18(25)21-14)12-8-5-9-27-12/h3-9H,2H2,1H3,(H2,19,24)(H,21,25). The number of H-pyrrole nitrogens is 1. The minimum absolute atomic E-state index is 0.0475. The Bertz CT molecular complexity index is 1190. The molecule has 3 N–H and O–H groups in total. The van der Waals surface area contributed by atoms with Crippen LogP contribution in [0.15, 0.2) is 46.6 Å². The number of carbonyl (C=O) groups is 1. The van der Waals surface area contributed by atoms with Crippen molar-refractivity contribution >= 4 is 28.4 Å². The SMILES string of the molecule is CCOc1ccccc1-c1nc(C(N)=O)c2[nH]c(=O)n(-c3cccs3)c2n1. The van der Waals surface area contributed by atoms with Crippen LogP contribution in [0.1, 0.15) is 17.4 Å². The van der Waals surface area contributed by atoms with E-state index in [4.69, 9.17) is 10.5 Å². The lowest BCUT2D eigenvalue weighted by Gasteiger charge is -2.10. The van der Waals surface area contributed by atoms with E-state index in [1.165, 1.54) is 15.9 Å². The van der Waals surface area contributed by atoms with E-state index in [1.54, 1.807) is 18.2 Å². The predicted octanol–water partition coefficient (Wildman–Crippen LogP) is 2.33. The molecule has 0 unspecified atom stereocenters. The van der Waals surface area contributed by atoms with Gasteiger partial charge in [0.1, 0.15) is 16.3 Å². The Balaban J connectivity index is 2.05. The molecule has 0 spiro atoms. The minimum Gasteiger partial charge on any atom is -0.493 e. The number of primary amides is 1. The van der Waals surface area contributed by atoms with Crippen molar-refractivity contribution in [2.45, 2.75) is 6.92 Å². The number of amides is 1. The largest absolute Gasteiger partial charge is 0.493 e. The molecule has 0 aliphatic rings. The van der Waals surface area contributed by atoms with Gasteiger partial charge in [0.15, 0.2) is 17.2 Å². The number of aromatic amines is 1. The van der Waals surface area contributed by atoms with Gasteiger partial charge in [-0.15, -0.1) is 11.3 Å². The van der Waals surface area contributed by atoms with Crippen LogP contribution in [-0.4, -0.2) is 32.0 Å². The third-order valence-corrected chi connectivity index (χ3v) is 4.78. The van der Waals surface area contributed by atoms with E-state index >= 15 is 0 Å². The van der Waals surface area contributed by atoms with Gasteiger partial charge in [-0.25, -0.2) is 19.3 Å². The fraction of sp³-hybridized carbons (Fsp3) is 0.111. The maximum absolute atomic E-state index is 12.5. The summed E-state index contributed by atoms with van der Waals surface area (Å²) in [5.74, 6) is 0.0807. The normalized spacial score (nSPS) is 11.0. The smallest absolute Gasteiger partial charge is 0.333 e. The Morgan fingerprint density at radius 2 is 2.07 bits per heavy atom.